The molecule has 2 aromatic carbocycles. The molecule has 4 heteroatoms. The van der Waals surface area contributed by atoms with Gasteiger partial charge in [-0.3, -0.25) is 4.79 Å². The van der Waals surface area contributed by atoms with E-state index in [4.69, 9.17) is 4.74 Å². The highest BCUT2D eigenvalue weighted by Gasteiger charge is 2.32. The van der Waals surface area contributed by atoms with Crippen molar-refractivity contribution >= 4 is 16.9 Å². The van der Waals surface area contributed by atoms with E-state index in [1.165, 1.54) is 6.07 Å². The van der Waals surface area contributed by atoms with E-state index >= 15 is 0 Å². The van der Waals surface area contributed by atoms with Gasteiger partial charge in [-0.25, -0.2) is 4.39 Å². The molecule has 1 aromatic heterocycles. The summed E-state index contributed by atoms with van der Waals surface area (Å²) in [5.74, 6) is -0.958. The van der Waals surface area contributed by atoms with Crippen LogP contribution in [0.5, 0.6) is 0 Å². The van der Waals surface area contributed by atoms with Crippen LogP contribution in [-0.2, 0) is 22.6 Å². The minimum Gasteiger partial charge on any atom is -0.460 e. The van der Waals surface area contributed by atoms with Crippen molar-refractivity contribution in [2.45, 2.75) is 31.8 Å². The van der Waals surface area contributed by atoms with E-state index in [1.807, 2.05) is 36.4 Å². The van der Waals surface area contributed by atoms with Crippen LogP contribution < -0.4 is 0 Å². The summed E-state index contributed by atoms with van der Waals surface area (Å²) in [7, 11) is 0. The van der Waals surface area contributed by atoms with E-state index in [9.17, 15) is 9.18 Å². The number of aryl methyl sites for hydroxylation is 1. The summed E-state index contributed by atoms with van der Waals surface area (Å²) in [4.78, 5) is 15.9. The normalized spacial score (nSPS) is 16.8. The molecule has 4 rings (SSSR count). The molecule has 0 amide bonds. The summed E-state index contributed by atoms with van der Waals surface area (Å²) in [6.45, 7) is 0.246. The van der Waals surface area contributed by atoms with Crippen molar-refractivity contribution in [3.05, 3.63) is 71.2 Å². The molecular weight excluding hydrogens is 305 g/mol. The highest BCUT2D eigenvalue weighted by Crippen LogP contribution is 2.39. The van der Waals surface area contributed by atoms with Gasteiger partial charge in [-0.15, -0.1) is 0 Å². The fraction of sp³-hybridized carbons (Fsp3) is 0.250. The first kappa shape index (κ1) is 14.9. The largest absolute Gasteiger partial charge is 0.460 e. The Kier molecular flexibility index (Phi) is 3.81. The Labute approximate surface area is 139 Å². The molecule has 1 aliphatic carbocycles. The number of aromatic nitrogens is 1. The van der Waals surface area contributed by atoms with Gasteiger partial charge < -0.3 is 9.72 Å². The summed E-state index contributed by atoms with van der Waals surface area (Å²) in [6.07, 6.45) is 2.43. The first-order valence-corrected chi connectivity index (χ1v) is 8.23. The van der Waals surface area contributed by atoms with Crippen LogP contribution in [0.25, 0.3) is 10.9 Å². The highest BCUT2D eigenvalue weighted by molar-refractivity contribution is 5.92. The number of benzene rings is 2. The SMILES string of the molecule is O=C(OCc1ccccc1)C1CCCc2[nH]c3cccc(F)c3c21. The monoisotopic (exact) mass is 323 g/mol. The van der Waals surface area contributed by atoms with Gasteiger partial charge in [-0.05, 0) is 42.5 Å². The molecular formula is C20H18FNO2. The van der Waals surface area contributed by atoms with E-state index in [0.717, 1.165) is 35.2 Å². The quantitative estimate of drug-likeness (QED) is 0.723. The lowest BCUT2D eigenvalue weighted by Gasteiger charge is -2.21. The highest BCUT2D eigenvalue weighted by atomic mass is 19.1. The van der Waals surface area contributed by atoms with Gasteiger partial charge >= 0.3 is 5.97 Å². The number of fused-ring (bicyclic) bond motifs is 3. The number of halogens is 1. The van der Waals surface area contributed by atoms with Crippen LogP contribution in [0.1, 0.15) is 35.6 Å². The second-order valence-corrected chi connectivity index (χ2v) is 6.22. The topological polar surface area (TPSA) is 42.1 Å². The van der Waals surface area contributed by atoms with Crippen LogP contribution in [0.3, 0.4) is 0 Å². The number of rotatable bonds is 3. The third-order valence-electron chi connectivity index (χ3n) is 4.67. The zero-order chi connectivity index (χ0) is 16.5. The first-order chi connectivity index (χ1) is 11.7. The maximum atomic E-state index is 14.3. The molecule has 0 radical (unpaired) electrons. The Morgan fingerprint density at radius 1 is 1.17 bits per heavy atom. The Hall–Kier alpha value is -2.62. The first-order valence-electron chi connectivity index (χ1n) is 8.23. The van der Waals surface area contributed by atoms with Crippen molar-refractivity contribution in [3.8, 4) is 0 Å². The average molecular weight is 323 g/mol. The summed E-state index contributed by atoms with van der Waals surface area (Å²) in [6, 6.07) is 14.6. The number of carbonyl (C=O) groups is 1. The summed E-state index contributed by atoms with van der Waals surface area (Å²) >= 11 is 0. The van der Waals surface area contributed by atoms with Crippen LogP contribution in [0.2, 0.25) is 0 Å². The van der Waals surface area contributed by atoms with E-state index in [-0.39, 0.29) is 18.4 Å². The molecule has 1 heterocycles. The fourth-order valence-electron chi connectivity index (χ4n) is 3.56. The predicted octanol–water partition coefficient (Wildman–Crippen LogP) is 4.47. The number of hydrogen-bond donors (Lipinski definition) is 1. The number of esters is 1. The molecule has 3 nitrogen and oxygen atoms in total. The molecule has 0 saturated heterocycles. The van der Waals surface area contributed by atoms with Crippen LogP contribution in [0.4, 0.5) is 4.39 Å². The van der Waals surface area contributed by atoms with Crippen molar-refractivity contribution in [3.63, 3.8) is 0 Å². The molecule has 122 valence electrons. The zero-order valence-corrected chi connectivity index (χ0v) is 13.2. The number of ether oxygens (including phenoxy) is 1. The zero-order valence-electron chi connectivity index (χ0n) is 13.2. The standard InChI is InChI=1S/C20H18FNO2/c21-15-9-5-11-17-19(15)18-14(8-4-10-16(18)22-17)20(23)24-12-13-6-2-1-3-7-13/h1-3,5-7,9,11,14,22H,4,8,10,12H2. The number of carbonyl (C=O) groups excluding carboxylic acids is 1. The van der Waals surface area contributed by atoms with Crippen LogP contribution in [0, 0.1) is 5.82 Å². The van der Waals surface area contributed by atoms with Gasteiger partial charge in [0.25, 0.3) is 0 Å². The lowest BCUT2D eigenvalue weighted by Crippen LogP contribution is -2.20. The Balaban J connectivity index is 1.64. The third kappa shape index (κ3) is 2.58. The fourth-order valence-corrected chi connectivity index (χ4v) is 3.56. The van der Waals surface area contributed by atoms with Gasteiger partial charge in [0, 0.05) is 16.6 Å². The van der Waals surface area contributed by atoms with Crippen molar-refractivity contribution in [1.82, 2.24) is 4.98 Å². The summed E-state index contributed by atoms with van der Waals surface area (Å²) in [5.41, 5.74) is 3.45. The Bertz CT molecular complexity index is 885. The Morgan fingerprint density at radius 3 is 2.83 bits per heavy atom. The molecule has 3 aromatic rings. The summed E-state index contributed by atoms with van der Waals surface area (Å²) < 4.78 is 19.8. The van der Waals surface area contributed by atoms with Gasteiger partial charge in [0.05, 0.1) is 5.92 Å². The second-order valence-electron chi connectivity index (χ2n) is 6.22. The molecule has 24 heavy (non-hydrogen) atoms. The van der Waals surface area contributed by atoms with Gasteiger partial charge in [0.1, 0.15) is 12.4 Å². The second kappa shape index (κ2) is 6.11. The minimum atomic E-state index is -0.400. The predicted molar refractivity (Wildman–Crippen MR) is 90.2 cm³/mol. The number of nitrogens with one attached hydrogen (secondary N) is 1. The smallest absolute Gasteiger partial charge is 0.313 e. The molecule has 1 unspecified atom stereocenters. The molecule has 0 saturated carbocycles. The summed E-state index contributed by atoms with van der Waals surface area (Å²) in [5, 5.41) is 0.536. The van der Waals surface area contributed by atoms with Crippen LogP contribution in [0.15, 0.2) is 48.5 Å². The molecule has 1 N–H and O–H groups in total. The van der Waals surface area contributed by atoms with Crippen molar-refractivity contribution < 1.29 is 13.9 Å². The van der Waals surface area contributed by atoms with Gasteiger partial charge in [0.2, 0.25) is 0 Å². The van der Waals surface area contributed by atoms with E-state index in [0.29, 0.717) is 11.8 Å². The molecule has 0 aliphatic heterocycles. The molecule has 1 aliphatic rings. The molecule has 0 spiro atoms. The van der Waals surface area contributed by atoms with E-state index in [1.54, 1.807) is 6.07 Å². The van der Waals surface area contributed by atoms with Gasteiger partial charge in [0.15, 0.2) is 0 Å². The Morgan fingerprint density at radius 2 is 2.00 bits per heavy atom. The number of hydrogen-bond acceptors (Lipinski definition) is 2. The maximum absolute atomic E-state index is 14.3. The average Bonchev–Trinajstić information content (AvgIpc) is 3.00. The third-order valence-corrected chi connectivity index (χ3v) is 4.67. The van der Waals surface area contributed by atoms with Gasteiger partial charge in [-0.2, -0.15) is 0 Å². The molecule has 0 bridgehead atoms. The van der Waals surface area contributed by atoms with Crippen molar-refractivity contribution in [2.24, 2.45) is 0 Å². The lowest BCUT2D eigenvalue weighted by molar-refractivity contribution is -0.147. The van der Waals surface area contributed by atoms with Crippen LogP contribution in [-0.4, -0.2) is 11.0 Å². The minimum absolute atomic E-state index is 0.246. The lowest BCUT2D eigenvalue weighted by atomic mass is 9.85. The number of aromatic amines is 1. The molecule has 0 fully saturated rings. The maximum Gasteiger partial charge on any atom is 0.313 e. The van der Waals surface area contributed by atoms with Crippen molar-refractivity contribution in [1.29, 1.82) is 0 Å². The van der Waals surface area contributed by atoms with E-state index < -0.39 is 5.92 Å². The van der Waals surface area contributed by atoms with Crippen LogP contribution >= 0.6 is 0 Å². The van der Waals surface area contributed by atoms with Gasteiger partial charge in [-0.1, -0.05) is 36.4 Å². The van der Waals surface area contributed by atoms with E-state index in [2.05, 4.69) is 4.98 Å². The molecule has 1 atom stereocenters. The van der Waals surface area contributed by atoms with Crippen molar-refractivity contribution in [2.75, 3.05) is 0 Å². The number of H-pyrrole nitrogens is 1.